The zero-order valence-corrected chi connectivity index (χ0v) is 8.90. The number of rotatable bonds is 1. The largest absolute Gasteiger partial charge is 0.467 e. The number of methoxy groups -OCH3 is 1. The number of carbonyl (C=O) groups excluding carboxylic acids is 1. The van der Waals surface area contributed by atoms with Crippen LogP contribution >= 0.6 is 0 Å². The summed E-state index contributed by atoms with van der Waals surface area (Å²) in [6.07, 6.45) is -6.08. The fourth-order valence-electron chi connectivity index (χ4n) is 1.84. The highest BCUT2D eigenvalue weighted by molar-refractivity contribution is 5.75. The first kappa shape index (κ1) is 11.7. The highest BCUT2D eigenvalue weighted by atomic mass is 16.8. The summed E-state index contributed by atoms with van der Waals surface area (Å²) in [7, 11) is 1.17. The summed E-state index contributed by atoms with van der Waals surface area (Å²) in [5.74, 6) is -0.756. The van der Waals surface area contributed by atoms with Crippen LogP contribution in [0, 0.1) is 0 Å². The van der Waals surface area contributed by atoms with Gasteiger partial charge in [0.15, 0.2) is 18.7 Å². The summed E-state index contributed by atoms with van der Waals surface area (Å²) >= 11 is 0. The van der Waals surface area contributed by atoms with Gasteiger partial charge < -0.3 is 29.2 Å². The minimum Gasteiger partial charge on any atom is -0.467 e. The Bertz CT molecular complexity index is 279. The van der Waals surface area contributed by atoms with Crippen molar-refractivity contribution in [3.63, 3.8) is 0 Å². The van der Waals surface area contributed by atoms with Gasteiger partial charge in [-0.3, -0.25) is 0 Å². The number of hydrogen-bond acceptors (Lipinski definition) is 7. The van der Waals surface area contributed by atoms with Crippen LogP contribution in [0.2, 0.25) is 0 Å². The molecule has 0 amide bonds. The van der Waals surface area contributed by atoms with Gasteiger partial charge in [0.25, 0.3) is 0 Å². The number of esters is 1. The minimum absolute atomic E-state index is 0.548. The van der Waals surface area contributed by atoms with E-state index in [-0.39, 0.29) is 0 Å². The summed E-state index contributed by atoms with van der Waals surface area (Å²) < 4.78 is 20.0. The lowest BCUT2D eigenvalue weighted by Gasteiger charge is -2.36. The fraction of sp³-hybridized carbons (Fsp3) is 0.889. The number of aliphatic hydroxyl groups excluding tert-OH is 2. The molecule has 16 heavy (non-hydrogen) atoms. The van der Waals surface area contributed by atoms with Crippen molar-refractivity contribution in [1.29, 1.82) is 0 Å². The topological polar surface area (TPSA) is 94.5 Å². The van der Waals surface area contributed by atoms with E-state index in [9.17, 15) is 15.0 Å². The molecule has 2 fully saturated rings. The van der Waals surface area contributed by atoms with Crippen molar-refractivity contribution in [2.45, 2.75) is 43.9 Å². The van der Waals surface area contributed by atoms with Crippen molar-refractivity contribution in [3.05, 3.63) is 0 Å². The molecule has 0 aliphatic carbocycles. The molecule has 7 nitrogen and oxygen atoms in total. The van der Waals surface area contributed by atoms with E-state index in [0.717, 1.165) is 0 Å². The maximum Gasteiger partial charge on any atom is 0.337 e. The standard InChI is InChI=1S/C9H14O7/c1-3-14-7-5(11)4(10)6(8(12)13-2)16-9(7)15-3/h3-7,9-11H,1-2H3/t3-,4-,5-,6+,7+,9-/m0/s1. The minimum atomic E-state index is -1.39. The lowest BCUT2D eigenvalue weighted by atomic mass is 9.99. The van der Waals surface area contributed by atoms with E-state index in [0.29, 0.717) is 0 Å². The molecule has 2 aliphatic heterocycles. The Morgan fingerprint density at radius 3 is 2.50 bits per heavy atom. The molecule has 0 radical (unpaired) electrons. The zero-order valence-electron chi connectivity index (χ0n) is 8.90. The first-order valence-corrected chi connectivity index (χ1v) is 4.95. The number of hydrogen-bond donors (Lipinski definition) is 2. The number of carbonyl (C=O) groups is 1. The second-order valence-electron chi connectivity index (χ2n) is 3.73. The molecule has 7 heteroatoms. The lowest BCUT2D eigenvalue weighted by molar-refractivity contribution is -0.249. The van der Waals surface area contributed by atoms with Crippen molar-refractivity contribution >= 4 is 5.97 Å². The SMILES string of the molecule is COC(=O)[C@@H]1O[C@@H]2O[C@@H](C)O[C@@H]2[C@@H](O)[C@@H]1O. The van der Waals surface area contributed by atoms with Crippen LogP contribution in [0.15, 0.2) is 0 Å². The maximum atomic E-state index is 11.3. The zero-order chi connectivity index (χ0) is 11.9. The molecule has 0 bridgehead atoms. The Hall–Kier alpha value is -0.730. The first-order valence-electron chi connectivity index (χ1n) is 4.95. The average Bonchev–Trinajstić information content (AvgIpc) is 2.63. The maximum absolute atomic E-state index is 11.3. The molecule has 2 aliphatic rings. The van der Waals surface area contributed by atoms with Gasteiger partial charge in [-0.1, -0.05) is 0 Å². The van der Waals surface area contributed by atoms with Crippen LogP contribution in [-0.4, -0.2) is 60.3 Å². The Morgan fingerprint density at radius 1 is 1.19 bits per heavy atom. The quantitative estimate of drug-likeness (QED) is 0.526. The molecular formula is C9H14O7. The fourth-order valence-corrected chi connectivity index (χ4v) is 1.84. The number of ether oxygens (including phenoxy) is 4. The van der Waals surface area contributed by atoms with E-state index in [2.05, 4.69) is 4.74 Å². The molecule has 2 heterocycles. The van der Waals surface area contributed by atoms with Gasteiger partial charge in [-0.05, 0) is 6.92 Å². The predicted molar refractivity (Wildman–Crippen MR) is 48.1 cm³/mol. The van der Waals surface area contributed by atoms with Gasteiger partial charge >= 0.3 is 5.97 Å². The Labute approximate surface area is 91.9 Å². The molecule has 2 N–H and O–H groups in total. The summed E-state index contributed by atoms with van der Waals surface area (Å²) in [5, 5.41) is 19.4. The Balaban J connectivity index is 2.13. The predicted octanol–water partition coefficient (Wildman–Crippen LogP) is -1.63. The molecule has 2 saturated heterocycles. The summed E-state index contributed by atoms with van der Waals surface area (Å²) in [6.45, 7) is 1.63. The lowest BCUT2D eigenvalue weighted by Crippen LogP contribution is -2.58. The highest BCUT2D eigenvalue weighted by Gasteiger charge is 2.52. The van der Waals surface area contributed by atoms with Crippen LogP contribution < -0.4 is 0 Å². The average molecular weight is 234 g/mol. The third-order valence-corrected chi connectivity index (χ3v) is 2.65. The molecule has 0 aromatic heterocycles. The van der Waals surface area contributed by atoms with Crippen LogP contribution in [0.25, 0.3) is 0 Å². The monoisotopic (exact) mass is 234 g/mol. The molecule has 0 aromatic carbocycles. The van der Waals surface area contributed by atoms with Crippen molar-refractivity contribution in [2.24, 2.45) is 0 Å². The van der Waals surface area contributed by atoms with Crippen LogP contribution in [0.1, 0.15) is 6.92 Å². The van der Waals surface area contributed by atoms with Crippen LogP contribution in [0.4, 0.5) is 0 Å². The highest BCUT2D eigenvalue weighted by Crippen LogP contribution is 2.31. The van der Waals surface area contributed by atoms with Gasteiger partial charge in [0.2, 0.25) is 0 Å². The summed E-state index contributed by atoms with van der Waals surface area (Å²) in [6, 6.07) is 0. The molecule has 0 unspecified atom stereocenters. The smallest absolute Gasteiger partial charge is 0.337 e. The molecule has 2 rings (SSSR count). The van der Waals surface area contributed by atoms with Crippen LogP contribution in [-0.2, 0) is 23.7 Å². The molecule has 92 valence electrons. The molecular weight excluding hydrogens is 220 g/mol. The normalized spacial score (nSPS) is 47.5. The van der Waals surface area contributed by atoms with Gasteiger partial charge in [0.05, 0.1) is 7.11 Å². The van der Waals surface area contributed by atoms with Crippen LogP contribution in [0.5, 0.6) is 0 Å². The van der Waals surface area contributed by atoms with Gasteiger partial charge in [-0.15, -0.1) is 0 Å². The van der Waals surface area contributed by atoms with Gasteiger partial charge in [0, 0.05) is 0 Å². The van der Waals surface area contributed by atoms with Gasteiger partial charge in [-0.25, -0.2) is 4.79 Å². The summed E-state index contributed by atoms with van der Waals surface area (Å²) in [5.41, 5.74) is 0. The molecule has 0 saturated carbocycles. The van der Waals surface area contributed by atoms with E-state index < -0.39 is 43.0 Å². The van der Waals surface area contributed by atoms with E-state index in [1.54, 1.807) is 6.92 Å². The van der Waals surface area contributed by atoms with Crippen molar-refractivity contribution in [2.75, 3.05) is 7.11 Å². The van der Waals surface area contributed by atoms with Gasteiger partial charge in [-0.2, -0.15) is 0 Å². The summed E-state index contributed by atoms with van der Waals surface area (Å²) in [4.78, 5) is 11.3. The Morgan fingerprint density at radius 2 is 1.88 bits per heavy atom. The second-order valence-corrected chi connectivity index (χ2v) is 3.73. The number of aliphatic hydroxyl groups is 2. The molecule has 0 spiro atoms. The Kier molecular flexibility index (Phi) is 3.13. The molecule has 0 aromatic rings. The number of fused-ring (bicyclic) bond motifs is 1. The van der Waals surface area contributed by atoms with Crippen molar-refractivity contribution in [3.8, 4) is 0 Å². The van der Waals surface area contributed by atoms with E-state index in [4.69, 9.17) is 14.2 Å². The van der Waals surface area contributed by atoms with E-state index in [1.807, 2.05) is 0 Å². The van der Waals surface area contributed by atoms with Crippen molar-refractivity contribution in [1.82, 2.24) is 0 Å². The van der Waals surface area contributed by atoms with Crippen LogP contribution in [0.3, 0.4) is 0 Å². The van der Waals surface area contributed by atoms with E-state index in [1.165, 1.54) is 7.11 Å². The van der Waals surface area contributed by atoms with Gasteiger partial charge in [0.1, 0.15) is 18.3 Å². The third kappa shape index (κ3) is 1.80. The van der Waals surface area contributed by atoms with Crippen molar-refractivity contribution < 1.29 is 34.0 Å². The first-order chi connectivity index (χ1) is 7.54. The second kappa shape index (κ2) is 4.27. The van der Waals surface area contributed by atoms with E-state index >= 15 is 0 Å². The molecule has 6 atom stereocenters. The third-order valence-electron chi connectivity index (χ3n) is 2.65.